The highest BCUT2D eigenvalue weighted by Gasteiger charge is 2.46. The van der Waals surface area contributed by atoms with Gasteiger partial charge in [-0.2, -0.15) is 0 Å². The molecule has 2 aliphatic heterocycles. The maximum atomic E-state index is 12.4. The number of rotatable bonds is 0. The van der Waals surface area contributed by atoms with Crippen molar-refractivity contribution < 1.29 is 4.79 Å². The topological polar surface area (TPSA) is 32.3 Å². The van der Waals surface area contributed by atoms with Gasteiger partial charge in [0.2, 0.25) is 0 Å². The number of benzene rings is 1. The smallest absolute Gasteiger partial charge is 0.257 e. The van der Waals surface area contributed by atoms with Crippen LogP contribution in [0, 0.1) is 5.41 Å². The monoisotopic (exact) mass is 294 g/mol. The standard InChI is InChI=1S/C13H15BrN2O/c1-13(2)5-6-16-11(17)9-7-8(14)3-4-10(9)15-12(13)16/h3-4,7,12,15H,5-6H2,1-2H3. The van der Waals surface area contributed by atoms with Gasteiger partial charge in [-0.25, -0.2) is 0 Å². The van der Waals surface area contributed by atoms with Gasteiger partial charge in [-0.15, -0.1) is 0 Å². The summed E-state index contributed by atoms with van der Waals surface area (Å²) in [6.07, 6.45) is 1.18. The lowest BCUT2D eigenvalue weighted by atomic mass is 9.88. The molecule has 1 fully saturated rings. The Morgan fingerprint density at radius 1 is 1.47 bits per heavy atom. The summed E-state index contributed by atoms with van der Waals surface area (Å²) in [6, 6.07) is 5.84. The van der Waals surface area contributed by atoms with Crippen molar-refractivity contribution in [3.8, 4) is 0 Å². The van der Waals surface area contributed by atoms with Crippen LogP contribution in [-0.4, -0.2) is 23.5 Å². The zero-order valence-corrected chi connectivity index (χ0v) is 11.5. The molecule has 2 heterocycles. The number of hydrogen-bond acceptors (Lipinski definition) is 2. The average Bonchev–Trinajstić information content (AvgIpc) is 2.57. The number of nitrogens with zero attached hydrogens (tertiary/aromatic N) is 1. The quantitative estimate of drug-likeness (QED) is 0.797. The van der Waals surface area contributed by atoms with E-state index in [1.807, 2.05) is 23.1 Å². The van der Waals surface area contributed by atoms with Crippen LogP contribution in [-0.2, 0) is 0 Å². The maximum Gasteiger partial charge on any atom is 0.257 e. The Bertz CT molecular complexity index is 498. The molecule has 0 aliphatic carbocycles. The highest BCUT2D eigenvalue weighted by atomic mass is 79.9. The summed E-state index contributed by atoms with van der Waals surface area (Å²) in [5.74, 6) is 0.149. The second kappa shape index (κ2) is 3.48. The second-order valence-corrected chi connectivity index (χ2v) is 6.39. The van der Waals surface area contributed by atoms with Crippen LogP contribution in [0.15, 0.2) is 22.7 Å². The van der Waals surface area contributed by atoms with E-state index in [0.29, 0.717) is 0 Å². The number of amides is 1. The van der Waals surface area contributed by atoms with E-state index in [1.165, 1.54) is 0 Å². The molecule has 1 N–H and O–H groups in total. The van der Waals surface area contributed by atoms with Crippen molar-refractivity contribution in [3.63, 3.8) is 0 Å². The average molecular weight is 295 g/mol. The van der Waals surface area contributed by atoms with Crippen LogP contribution in [0.25, 0.3) is 0 Å². The number of carbonyl (C=O) groups excluding carboxylic acids is 1. The fourth-order valence-electron chi connectivity index (χ4n) is 2.71. The van der Waals surface area contributed by atoms with Crippen molar-refractivity contribution in [2.75, 3.05) is 11.9 Å². The third-order valence-electron chi connectivity index (χ3n) is 3.81. The minimum Gasteiger partial charge on any atom is -0.364 e. The van der Waals surface area contributed by atoms with Crippen LogP contribution in [0.4, 0.5) is 5.69 Å². The van der Waals surface area contributed by atoms with Crippen molar-refractivity contribution >= 4 is 27.5 Å². The molecule has 0 bridgehead atoms. The van der Waals surface area contributed by atoms with Crippen molar-refractivity contribution in [1.82, 2.24) is 4.90 Å². The molecule has 3 nitrogen and oxygen atoms in total. The summed E-state index contributed by atoms with van der Waals surface area (Å²) >= 11 is 3.41. The van der Waals surface area contributed by atoms with Crippen LogP contribution in [0.2, 0.25) is 0 Å². The molecular weight excluding hydrogens is 280 g/mol. The largest absolute Gasteiger partial charge is 0.364 e. The van der Waals surface area contributed by atoms with E-state index in [-0.39, 0.29) is 17.5 Å². The predicted octanol–water partition coefficient (Wildman–Crippen LogP) is 3.07. The first-order chi connectivity index (χ1) is 7.99. The highest BCUT2D eigenvalue weighted by molar-refractivity contribution is 9.10. The van der Waals surface area contributed by atoms with Gasteiger partial charge in [0.25, 0.3) is 5.91 Å². The Hall–Kier alpha value is -1.03. The molecule has 0 radical (unpaired) electrons. The molecule has 3 rings (SSSR count). The van der Waals surface area contributed by atoms with E-state index in [4.69, 9.17) is 0 Å². The van der Waals surface area contributed by atoms with Gasteiger partial charge in [-0.05, 0) is 24.6 Å². The molecule has 1 amide bonds. The first kappa shape index (κ1) is 11.1. The van der Waals surface area contributed by atoms with Crippen LogP contribution in [0.3, 0.4) is 0 Å². The van der Waals surface area contributed by atoms with E-state index in [1.54, 1.807) is 0 Å². The number of nitrogens with one attached hydrogen (secondary N) is 1. The second-order valence-electron chi connectivity index (χ2n) is 5.47. The molecule has 1 saturated heterocycles. The van der Waals surface area contributed by atoms with Crippen LogP contribution in [0.1, 0.15) is 30.6 Å². The van der Waals surface area contributed by atoms with Crippen molar-refractivity contribution in [1.29, 1.82) is 0 Å². The predicted molar refractivity (Wildman–Crippen MR) is 71.0 cm³/mol. The van der Waals surface area contributed by atoms with Gasteiger partial charge in [0.05, 0.1) is 5.56 Å². The Labute approximate surface area is 109 Å². The lowest BCUT2D eigenvalue weighted by Crippen LogP contribution is -2.49. The van der Waals surface area contributed by atoms with Gasteiger partial charge in [0.15, 0.2) is 0 Å². The molecule has 0 aromatic heterocycles. The first-order valence-corrected chi connectivity index (χ1v) is 6.65. The number of anilines is 1. The molecule has 1 atom stereocenters. The summed E-state index contributed by atoms with van der Waals surface area (Å²) < 4.78 is 0.948. The number of halogens is 1. The lowest BCUT2D eigenvalue weighted by molar-refractivity contribution is 0.0699. The Morgan fingerprint density at radius 2 is 2.24 bits per heavy atom. The molecule has 2 aliphatic rings. The Morgan fingerprint density at radius 3 is 3.00 bits per heavy atom. The van der Waals surface area contributed by atoms with Gasteiger partial charge in [-0.3, -0.25) is 4.79 Å². The molecular formula is C13H15BrN2O. The number of hydrogen-bond donors (Lipinski definition) is 1. The first-order valence-electron chi connectivity index (χ1n) is 5.86. The molecule has 90 valence electrons. The fourth-order valence-corrected chi connectivity index (χ4v) is 3.07. The molecule has 0 spiro atoms. The molecule has 1 aromatic carbocycles. The number of carbonyl (C=O) groups is 1. The third kappa shape index (κ3) is 1.58. The van der Waals surface area contributed by atoms with Crippen LogP contribution >= 0.6 is 15.9 Å². The van der Waals surface area contributed by atoms with E-state index >= 15 is 0 Å². The minimum absolute atomic E-state index is 0.128. The lowest BCUT2D eigenvalue weighted by Gasteiger charge is -2.38. The van der Waals surface area contributed by atoms with Gasteiger partial charge in [0.1, 0.15) is 6.17 Å². The normalized spacial score (nSPS) is 25.2. The zero-order valence-electron chi connectivity index (χ0n) is 9.96. The molecule has 4 heteroatoms. The molecule has 17 heavy (non-hydrogen) atoms. The summed E-state index contributed by atoms with van der Waals surface area (Å²) in [5.41, 5.74) is 1.86. The van der Waals surface area contributed by atoms with Crippen molar-refractivity contribution in [2.45, 2.75) is 26.4 Å². The molecule has 1 unspecified atom stereocenters. The van der Waals surface area contributed by atoms with Gasteiger partial charge in [0, 0.05) is 22.1 Å². The van der Waals surface area contributed by atoms with Gasteiger partial charge >= 0.3 is 0 Å². The van der Waals surface area contributed by atoms with E-state index in [2.05, 4.69) is 35.1 Å². The summed E-state index contributed by atoms with van der Waals surface area (Å²) in [6.45, 7) is 5.26. The zero-order chi connectivity index (χ0) is 12.2. The van der Waals surface area contributed by atoms with Gasteiger partial charge in [-0.1, -0.05) is 29.8 Å². The van der Waals surface area contributed by atoms with Crippen molar-refractivity contribution in [2.24, 2.45) is 5.41 Å². The van der Waals surface area contributed by atoms with Crippen LogP contribution in [0.5, 0.6) is 0 Å². The summed E-state index contributed by atoms with van der Waals surface area (Å²) in [7, 11) is 0. The SMILES string of the molecule is CC1(C)CCN2C(=O)c3cc(Br)ccc3NC21. The van der Waals surface area contributed by atoms with Crippen LogP contribution < -0.4 is 5.32 Å². The molecule has 1 aromatic rings. The van der Waals surface area contributed by atoms with E-state index in [9.17, 15) is 4.79 Å². The maximum absolute atomic E-state index is 12.4. The minimum atomic E-state index is 0.128. The third-order valence-corrected chi connectivity index (χ3v) is 4.31. The Kier molecular flexibility index (Phi) is 2.27. The van der Waals surface area contributed by atoms with Crippen molar-refractivity contribution in [3.05, 3.63) is 28.2 Å². The summed E-state index contributed by atoms with van der Waals surface area (Å²) in [5, 5.41) is 3.49. The highest BCUT2D eigenvalue weighted by Crippen LogP contribution is 2.41. The Balaban J connectivity index is 2.08. The van der Waals surface area contributed by atoms with E-state index in [0.717, 1.165) is 28.7 Å². The number of fused-ring (bicyclic) bond motifs is 2. The van der Waals surface area contributed by atoms with E-state index < -0.39 is 0 Å². The molecule has 0 saturated carbocycles. The van der Waals surface area contributed by atoms with Gasteiger partial charge < -0.3 is 10.2 Å². The summed E-state index contributed by atoms with van der Waals surface area (Å²) in [4.78, 5) is 14.4. The fraction of sp³-hybridized carbons (Fsp3) is 0.462.